The first-order valence-electron chi connectivity index (χ1n) is 37.5. The molecule has 18 heteroatoms. The van der Waals surface area contributed by atoms with Gasteiger partial charge in [-0.25, -0.2) is 59.8 Å². The third-order valence-corrected chi connectivity index (χ3v) is 19.9. The predicted octanol–water partition coefficient (Wildman–Crippen LogP) is 21.5. The van der Waals surface area contributed by atoms with E-state index in [4.69, 9.17) is 44.9 Å². The van der Waals surface area contributed by atoms with Crippen LogP contribution in [-0.4, -0.2) is 87.9 Å². The molecule has 0 unspecified atom stereocenters. The van der Waals surface area contributed by atoms with E-state index in [-0.39, 0.29) is 0 Å². The standard InChI is InChI=1S/C37H24N6.C30H19N7.C23H15N5.C7H8/c1-3-11-25(12-4-1)27-18-19-35-30(21-27)29-15-7-8-17-34(29)43(35)37-39-23-28(24-40-37)32-22-33(31-16-9-10-20-38-31)42-36(41-32)26-13-5-2-6-14-26;1-2-10-20(11-3-1)27-34-28(36-29(35-27)24-14-8-9-17-31-24)21-18-32-30(33-19-21)37-25-15-6-4-12-22(25)23-13-5-7-16-26(23)37;1-3-9-20-17(7-1)18-8-2-4-10-21(18)28(20)23-24-13-16(14-25-23)19-15-27-12-6-5-11-22(27)26-19;1-7-5-3-2-4-6-7/h1-24H;1-19H;1-15H;2-6H,1H3. The molecule has 0 amide bonds. The Balaban J connectivity index is 0.000000112. The van der Waals surface area contributed by atoms with Crippen molar-refractivity contribution in [2.45, 2.75) is 6.92 Å². The third kappa shape index (κ3) is 14.1. The Bertz CT molecular complexity index is 6930. The molecule has 12 aromatic heterocycles. The Morgan fingerprint density at radius 1 is 0.217 bits per heavy atom. The van der Waals surface area contributed by atoms with Crippen molar-refractivity contribution in [1.82, 2.24) is 87.9 Å². The molecular formula is C97H66N18. The fourth-order valence-corrected chi connectivity index (χ4v) is 14.4. The molecule has 0 bridgehead atoms. The van der Waals surface area contributed by atoms with Crippen LogP contribution < -0.4 is 0 Å². The molecule has 0 saturated heterocycles. The smallest absolute Gasteiger partial charge is 0.234 e. The summed E-state index contributed by atoms with van der Waals surface area (Å²) in [5.41, 5.74) is 19.0. The zero-order valence-corrected chi connectivity index (χ0v) is 61.9. The monoisotopic (exact) mass is 1480 g/mol. The van der Waals surface area contributed by atoms with E-state index in [9.17, 15) is 0 Å². The second-order valence-corrected chi connectivity index (χ2v) is 27.2. The molecule has 0 spiro atoms. The Morgan fingerprint density at radius 2 is 0.591 bits per heavy atom. The fourth-order valence-electron chi connectivity index (χ4n) is 14.4. The van der Waals surface area contributed by atoms with Gasteiger partial charge in [0.05, 0.1) is 61.4 Å². The van der Waals surface area contributed by atoms with Crippen molar-refractivity contribution < 1.29 is 0 Å². The highest BCUT2D eigenvalue weighted by molar-refractivity contribution is 6.11. The summed E-state index contributed by atoms with van der Waals surface area (Å²) in [6.07, 6.45) is 18.3. The van der Waals surface area contributed by atoms with E-state index in [0.717, 1.165) is 105 Å². The molecule has 22 rings (SSSR count). The van der Waals surface area contributed by atoms with Crippen LogP contribution in [0.1, 0.15) is 5.56 Å². The Hall–Kier alpha value is -16.1. The summed E-state index contributed by atoms with van der Waals surface area (Å²) in [6.45, 7) is 2.08. The van der Waals surface area contributed by atoms with E-state index in [0.29, 0.717) is 52.4 Å². The van der Waals surface area contributed by atoms with Crippen LogP contribution in [0.2, 0.25) is 0 Å². The number of rotatable bonds is 11. The quantitative estimate of drug-likeness (QED) is 0.118. The summed E-state index contributed by atoms with van der Waals surface area (Å²) in [6, 6.07) is 108. The van der Waals surface area contributed by atoms with E-state index in [1.165, 1.54) is 27.5 Å². The number of pyridine rings is 3. The molecule has 0 atom stereocenters. The lowest BCUT2D eigenvalue weighted by Gasteiger charge is -2.10. The average Bonchev–Trinajstić information content (AvgIpc) is 1.61. The molecule has 18 nitrogen and oxygen atoms in total. The number of fused-ring (bicyclic) bond motifs is 10. The lowest BCUT2D eigenvalue weighted by molar-refractivity contribution is 0.981. The number of aryl methyl sites for hydroxylation is 1. The fraction of sp³-hybridized carbons (Fsp3) is 0.0103. The maximum absolute atomic E-state index is 4.90. The molecule has 0 aliphatic heterocycles. The molecule has 0 aliphatic carbocycles. The van der Waals surface area contributed by atoms with Gasteiger partial charge < -0.3 is 4.40 Å². The summed E-state index contributed by atoms with van der Waals surface area (Å²) < 4.78 is 8.31. The van der Waals surface area contributed by atoms with Gasteiger partial charge in [-0.2, -0.15) is 0 Å². The third-order valence-electron chi connectivity index (χ3n) is 19.9. The van der Waals surface area contributed by atoms with Gasteiger partial charge in [-0.05, 0) is 103 Å². The van der Waals surface area contributed by atoms with Crippen LogP contribution in [-0.2, 0) is 0 Å². The van der Waals surface area contributed by atoms with Crippen molar-refractivity contribution >= 4 is 71.1 Å². The van der Waals surface area contributed by atoms with Gasteiger partial charge in [-0.3, -0.25) is 23.7 Å². The zero-order chi connectivity index (χ0) is 76.8. The van der Waals surface area contributed by atoms with E-state index < -0.39 is 0 Å². The number of nitrogens with zero attached hydrogens (tertiary/aromatic N) is 18. The molecule has 0 radical (unpaired) electrons. The number of hydrogen-bond donors (Lipinski definition) is 0. The molecule has 0 saturated carbocycles. The molecule has 544 valence electrons. The summed E-state index contributed by atoms with van der Waals surface area (Å²) in [5.74, 6) is 4.02. The number of imidazole rings is 1. The normalized spacial score (nSPS) is 11.2. The van der Waals surface area contributed by atoms with Gasteiger partial charge in [0.15, 0.2) is 23.3 Å². The second-order valence-electron chi connectivity index (χ2n) is 27.2. The SMILES string of the molecule is Cc1ccccc1.c1ccc(-c2ccc3c(c2)c2ccccc2n3-c2ncc(-c3cc(-c4ccccn4)nc(-c4ccccc4)n3)cn2)cc1.c1ccc(-c2nc(-c3cnc(-n4c5ccccc5c5ccccc54)nc3)nc(-c3ccccn3)n2)cc1.c1ccc2c(c1)c1ccccc1n2-c1ncc(-c2cn3ccccc3n2)cn1. The van der Waals surface area contributed by atoms with Crippen molar-refractivity contribution in [3.8, 4) is 109 Å². The van der Waals surface area contributed by atoms with E-state index in [1.807, 2.05) is 224 Å². The van der Waals surface area contributed by atoms with Crippen LogP contribution in [0.3, 0.4) is 0 Å². The van der Waals surface area contributed by atoms with Gasteiger partial charge >= 0.3 is 0 Å². The van der Waals surface area contributed by atoms with Crippen LogP contribution in [0.4, 0.5) is 0 Å². The highest BCUT2D eigenvalue weighted by atomic mass is 15.2. The Kier molecular flexibility index (Phi) is 18.8. The molecule has 22 aromatic rings. The van der Waals surface area contributed by atoms with Gasteiger partial charge in [-0.15, -0.1) is 0 Å². The largest absolute Gasteiger partial charge is 0.306 e. The summed E-state index contributed by atoms with van der Waals surface area (Å²) in [5, 5.41) is 7.04. The van der Waals surface area contributed by atoms with Crippen molar-refractivity contribution in [1.29, 1.82) is 0 Å². The first kappa shape index (κ1) is 69.4. The van der Waals surface area contributed by atoms with E-state index in [1.54, 1.807) is 24.8 Å². The van der Waals surface area contributed by atoms with Crippen LogP contribution >= 0.6 is 0 Å². The van der Waals surface area contributed by atoms with E-state index in [2.05, 4.69) is 185 Å². The molecule has 10 aromatic carbocycles. The number of hydrogen-bond acceptors (Lipinski definition) is 14. The van der Waals surface area contributed by atoms with Gasteiger partial charge in [0, 0.05) is 117 Å². The van der Waals surface area contributed by atoms with E-state index >= 15 is 0 Å². The first-order chi connectivity index (χ1) is 56.9. The first-order valence-corrected chi connectivity index (χ1v) is 37.5. The van der Waals surface area contributed by atoms with Crippen LogP contribution in [0.15, 0.2) is 383 Å². The predicted molar refractivity (Wildman–Crippen MR) is 457 cm³/mol. The number of aromatic nitrogens is 18. The maximum atomic E-state index is 4.90. The molecule has 115 heavy (non-hydrogen) atoms. The van der Waals surface area contributed by atoms with Crippen molar-refractivity contribution in [3.05, 3.63) is 389 Å². The van der Waals surface area contributed by atoms with Crippen LogP contribution in [0.25, 0.3) is 180 Å². The molecule has 0 N–H and O–H groups in total. The van der Waals surface area contributed by atoms with Crippen LogP contribution in [0, 0.1) is 6.92 Å². The Labute approximate surface area is 659 Å². The minimum atomic E-state index is 0.489. The molecular weight excluding hydrogens is 1420 g/mol. The minimum Gasteiger partial charge on any atom is -0.306 e. The van der Waals surface area contributed by atoms with Crippen molar-refractivity contribution in [3.63, 3.8) is 0 Å². The summed E-state index contributed by atoms with van der Waals surface area (Å²) in [7, 11) is 0. The topological polar surface area (TPSA) is 200 Å². The second kappa shape index (κ2) is 31.1. The van der Waals surface area contributed by atoms with Crippen molar-refractivity contribution in [2.75, 3.05) is 0 Å². The molecule has 0 fully saturated rings. The van der Waals surface area contributed by atoms with Gasteiger partial charge in [0.2, 0.25) is 17.8 Å². The number of benzene rings is 10. The molecule has 12 heterocycles. The zero-order valence-electron chi connectivity index (χ0n) is 61.9. The summed E-state index contributed by atoms with van der Waals surface area (Å²) >= 11 is 0. The lowest BCUT2D eigenvalue weighted by atomic mass is 10.0. The highest BCUT2D eigenvalue weighted by Gasteiger charge is 2.21. The highest BCUT2D eigenvalue weighted by Crippen LogP contribution is 2.37. The maximum Gasteiger partial charge on any atom is 0.234 e. The van der Waals surface area contributed by atoms with Gasteiger partial charge in [-0.1, -0.05) is 242 Å². The average molecular weight is 1480 g/mol. The lowest BCUT2D eigenvalue weighted by Crippen LogP contribution is -2.03. The Morgan fingerprint density at radius 3 is 1.05 bits per heavy atom. The van der Waals surface area contributed by atoms with Gasteiger partial charge in [0.1, 0.15) is 11.3 Å². The van der Waals surface area contributed by atoms with Crippen molar-refractivity contribution in [2.24, 2.45) is 0 Å². The van der Waals surface area contributed by atoms with Crippen LogP contribution in [0.5, 0.6) is 0 Å². The molecule has 0 aliphatic rings. The summed E-state index contributed by atoms with van der Waals surface area (Å²) in [4.78, 5) is 66.1. The minimum absolute atomic E-state index is 0.489. The number of para-hydroxylation sites is 5. The van der Waals surface area contributed by atoms with Gasteiger partial charge in [0.25, 0.3) is 0 Å².